The lowest BCUT2D eigenvalue weighted by atomic mass is 10.0. The predicted octanol–water partition coefficient (Wildman–Crippen LogP) is 3.42. The largest absolute Gasteiger partial charge is 0.244 e. The van der Waals surface area contributed by atoms with Gasteiger partial charge in [0.15, 0.2) is 0 Å². The molecule has 1 fully saturated rings. The Hall–Kier alpha value is -1.31. The molecule has 1 saturated heterocycles. The van der Waals surface area contributed by atoms with Crippen molar-refractivity contribution in [3.8, 4) is 12.3 Å². The zero-order valence-corrected chi connectivity index (χ0v) is 14.9. The fourth-order valence-electron chi connectivity index (χ4n) is 3.62. The topological polar surface area (TPSA) is 37.4 Å². The first-order chi connectivity index (χ1) is 10.2. The van der Waals surface area contributed by atoms with Gasteiger partial charge in [0.2, 0.25) is 10.0 Å². The van der Waals surface area contributed by atoms with E-state index in [1.807, 2.05) is 32.9 Å². The Kier molecular flexibility index (Phi) is 4.70. The number of hydrogen-bond donors (Lipinski definition) is 0. The number of aryl methyl sites for hydroxylation is 3. The third-order valence-electron chi connectivity index (χ3n) is 4.47. The molecule has 0 amide bonds. The van der Waals surface area contributed by atoms with Crippen LogP contribution < -0.4 is 0 Å². The molecule has 4 heteroatoms. The van der Waals surface area contributed by atoms with Gasteiger partial charge in [-0.25, -0.2) is 8.42 Å². The lowest BCUT2D eigenvalue weighted by Crippen LogP contribution is -2.43. The van der Waals surface area contributed by atoms with Crippen LogP contribution in [0.25, 0.3) is 0 Å². The summed E-state index contributed by atoms with van der Waals surface area (Å²) < 4.78 is 28.2. The molecule has 0 unspecified atom stereocenters. The summed E-state index contributed by atoms with van der Waals surface area (Å²) in [7, 11) is -3.58. The molecule has 2 rings (SSSR count). The van der Waals surface area contributed by atoms with Gasteiger partial charge in [0.05, 0.1) is 10.9 Å². The molecule has 1 heterocycles. The molecule has 120 valence electrons. The fourth-order valence-corrected chi connectivity index (χ4v) is 5.97. The molecule has 0 aliphatic carbocycles. The van der Waals surface area contributed by atoms with Gasteiger partial charge in [-0.15, -0.1) is 6.42 Å². The molecule has 2 atom stereocenters. The lowest BCUT2D eigenvalue weighted by molar-refractivity contribution is 0.295. The molecule has 1 aromatic carbocycles. The maximum Gasteiger partial charge on any atom is 0.244 e. The highest BCUT2D eigenvalue weighted by molar-refractivity contribution is 7.89. The lowest BCUT2D eigenvalue weighted by Gasteiger charge is -2.30. The summed E-state index contributed by atoms with van der Waals surface area (Å²) in [6.07, 6.45) is 7.17. The minimum atomic E-state index is -3.58. The van der Waals surface area contributed by atoms with Crippen LogP contribution in [0.5, 0.6) is 0 Å². The minimum Gasteiger partial charge on any atom is -0.207 e. The van der Waals surface area contributed by atoms with Gasteiger partial charge in [0.1, 0.15) is 0 Å². The van der Waals surface area contributed by atoms with E-state index in [-0.39, 0.29) is 18.0 Å². The van der Waals surface area contributed by atoms with Crippen LogP contribution in [-0.4, -0.2) is 24.8 Å². The van der Waals surface area contributed by atoms with E-state index < -0.39 is 10.0 Å². The first kappa shape index (κ1) is 17.1. The van der Waals surface area contributed by atoms with Gasteiger partial charge in [-0.05, 0) is 50.7 Å². The molecule has 3 nitrogen and oxygen atoms in total. The van der Waals surface area contributed by atoms with Crippen molar-refractivity contribution in [1.29, 1.82) is 0 Å². The molecule has 1 aromatic rings. The summed E-state index contributed by atoms with van der Waals surface area (Å²) in [6, 6.07) is 3.49. The van der Waals surface area contributed by atoms with Gasteiger partial charge in [0.25, 0.3) is 0 Å². The smallest absolute Gasteiger partial charge is 0.207 e. The van der Waals surface area contributed by atoms with Crippen LogP contribution in [0, 0.1) is 39.0 Å². The predicted molar refractivity (Wildman–Crippen MR) is 90.2 cm³/mol. The van der Waals surface area contributed by atoms with Gasteiger partial charge < -0.3 is 0 Å². The molecular weight excluding hydrogens is 294 g/mol. The van der Waals surface area contributed by atoms with Crippen molar-refractivity contribution in [3.63, 3.8) is 0 Å². The summed E-state index contributed by atoms with van der Waals surface area (Å²) >= 11 is 0. The van der Waals surface area contributed by atoms with Crippen molar-refractivity contribution in [2.75, 3.05) is 0 Å². The van der Waals surface area contributed by atoms with Crippen LogP contribution >= 0.6 is 0 Å². The molecule has 0 N–H and O–H groups in total. The Morgan fingerprint density at radius 2 is 1.73 bits per heavy atom. The third kappa shape index (κ3) is 2.80. The number of terminal acetylenes is 1. The van der Waals surface area contributed by atoms with E-state index in [0.29, 0.717) is 4.90 Å². The van der Waals surface area contributed by atoms with E-state index in [1.165, 1.54) is 0 Å². The maximum atomic E-state index is 13.3. The van der Waals surface area contributed by atoms with Crippen molar-refractivity contribution in [2.24, 2.45) is 5.92 Å². The molecule has 0 aromatic heterocycles. The van der Waals surface area contributed by atoms with E-state index in [4.69, 9.17) is 6.42 Å². The first-order valence-electron chi connectivity index (χ1n) is 7.77. The van der Waals surface area contributed by atoms with E-state index in [1.54, 1.807) is 4.31 Å². The SMILES string of the molecule is C#C[C@@H]1CC[C@H](C(C)C)N1S(=O)(=O)c1c(C)cc(C)cc1C. The Labute approximate surface area is 134 Å². The van der Waals surface area contributed by atoms with Crippen LogP contribution in [0.3, 0.4) is 0 Å². The van der Waals surface area contributed by atoms with Crippen LogP contribution in [0.1, 0.15) is 43.4 Å². The Bertz CT molecular complexity index is 690. The minimum absolute atomic E-state index is 0.0221. The second-order valence-corrected chi connectivity index (χ2v) is 8.41. The zero-order valence-electron chi connectivity index (χ0n) is 14.1. The summed E-state index contributed by atoms with van der Waals surface area (Å²) in [5.74, 6) is 2.92. The van der Waals surface area contributed by atoms with E-state index >= 15 is 0 Å². The number of nitrogens with zero attached hydrogens (tertiary/aromatic N) is 1. The first-order valence-corrected chi connectivity index (χ1v) is 9.21. The van der Waals surface area contributed by atoms with Crippen LogP contribution in [0.15, 0.2) is 17.0 Å². The van der Waals surface area contributed by atoms with Crippen LogP contribution in [0.2, 0.25) is 0 Å². The number of rotatable bonds is 3. The summed E-state index contributed by atoms with van der Waals surface area (Å²) in [5, 5.41) is 0. The highest BCUT2D eigenvalue weighted by atomic mass is 32.2. The molecular formula is C18H25NO2S. The van der Waals surface area contributed by atoms with Gasteiger partial charge >= 0.3 is 0 Å². The monoisotopic (exact) mass is 319 g/mol. The second-order valence-electron chi connectivity index (χ2n) is 6.63. The summed E-state index contributed by atoms with van der Waals surface area (Å²) in [4.78, 5) is 0.422. The zero-order chi connectivity index (χ0) is 16.7. The Balaban J connectivity index is 2.61. The van der Waals surface area contributed by atoms with E-state index in [0.717, 1.165) is 29.5 Å². The van der Waals surface area contributed by atoms with Crippen LogP contribution in [0.4, 0.5) is 0 Å². The van der Waals surface area contributed by atoms with Gasteiger partial charge in [-0.1, -0.05) is 37.5 Å². The molecule has 1 aliphatic rings. The Morgan fingerprint density at radius 3 is 2.18 bits per heavy atom. The quantitative estimate of drug-likeness (QED) is 0.801. The Morgan fingerprint density at radius 1 is 1.18 bits per heavy atom. The van der Waals surface area contributed by atoms with Crippen molar-refractivity contribution < 1.29 is 8.42 Å². The van der Waals surface area contributed by atoms with Gasteiger partial charge in [-0.3, -0.25) is 0 Å². The number of hydrogen-bond acceptors (Lipinski definition) is 2. The maximum absolute atomic E-state index is 13.3. The van der Waals surface area contributed by atoms with E-state index in [2.05, 4.69) is 19.8 Å². The van der Waals surface area contributed by atoms with Crippen molar-refractivity contribution in [3.05, 3.63) is 28.8 Å². The van der Waals surface area contributed by atoms with E-state index in [9.17, 15) is 8.42 Å². The average molecular weight is 319 g/mol. The molecule has 0 radical (unpaired) electrons. The second kappa shape index (κ2) is 6.06. The number of sulfonamides is 1. The van der Waals surface area contributed by atoms with Crippen molar-refractivity contribution >= 4 is 10.0 Å². The van der Waals surface area contributed by atoms with Gasteiger partial charge in [0, 0.05) is 6.04 Å². The van der Waals surface area contributed by atoms with Crippen LogP contribution in [-0.2, 0) is 10.0 Å². The van der Waals surface area contributed by atoms with Gasteiger partial charge in [-0.2, -0.15) is 4.31 Å². The molecule has 0 saturated carbocycles. The average Bonchev–Trinajstić information content (AvgIpc) is 2.81. The third-order valence-corrected chi connectivity index (χ3v) is 6.71. The molecule has 1 aliphatic heterocycles. The number of benzene rings is 1. The van der Waals surface area contributed by atoms with Crippen molar-refractivity contribution in [2.45, 2.75) is 64.4 Å². The summed E-state index contributed by atoms with van der Waals surface area (Å²) in [5.41, 5.74) is 2.66. The highest BCUT2D eigenvalue weighted by Crippen LogP contribution is 2.36. The standard InChI is InChI=1S/C18H25NO2S/c1-7-16-8-9-17(12(2)3)19(16)22(20,21)18-14(5)10-13(4)11-15(18)6/h1,10-12,16-17H,8-9H2,2-6H3/t16-,17-/m1/s1. The summed E-state index contributed by atoms with van der Waals surface area (Å²) in [6.45, 7) is 9.81. The normalized spacial score (nSPS) is 23.0. The molecule has 22 heavy (non-hydrogen) atoms. The fraction of sp³-hybridized carbons (Fsp3) is 0.556. The molecule has 0 spiro atoms. The highest BCUT2D eigenvalue weighted by Gasteiger charge is 2.43. The van der Waals surface area contributed by atoms with Crippen molar-refractivity contribution in [1.82, 2.24) is 4.31 Å². The molecule has 0 bridgehead atoms.